The molecule has 0 aliphatic heterocycles. The molecule has 1 aromatic heterocycles. The molecule has 6 nitrogen and oxygen atoms in total. The predicted octanol–water partition coefficient (Wildman–Crippen LogP) is 1.67. The lowest BCUT2D eigenvalue weighted by molar-refractivity contribution is 0.0526. The molecule has 1 aromatic rings. The first kappa shape index (κ1) is 16.7. The molecular weight excluding hydrogens is 276 g/mol. The van der Waals surface area contributed by atoms with Crippen LogP contribution < -0.4 is 5.73 Å². The number of nitrogens with zero attached hydrogens (tertiary/aromatic N) is 3. The van der Waals surface area contributed by atoms with Crippen LogP contribution in [-0.4, -0.2) is 52.8 Å². The van der Waals surface area contributed by atoms with Gasteiger partial charge in [0.2, 0.25) is 0 Å². The zero-order chi connectivity index (χ0) is 15.0. The third-order valence-corrected chi connectivity index (χ3v) is 3.67. The number of thioether (sulfide) groups is 1. The Bertz CT molecular complexity index is 438. The van der Waals surface area contributed by atoms with Crippen LogP contribution in [0.25, 0.3) is 0 Å². The summed E-state index contributed by atoms with van der Waals surface area (Å²) in [4.78, 5) is 22.2. The lowest BCUT2D eigenvalue weighted by atomic mass is 10.3. The summed E-state index contributed by atoms with van der Waals surface area (Å²) < 4.78 is 4.88. The average Bonchev–Trinajstić information content (AvgIpc) is 2.44. The fourth-order valence-corrected chi connectivity index (χ4v) is 2.44. The van der Waals surface area contributed by atoms with E-state index >= 15 is 0 Å². The van der Waals surface area contributed by atoms with Gasteiger partial charge in [-0.15, -0.1) is 0 Å². The van der Waals surface area contributed by atoms with E-state index in [2.05, 4.69) is 28.7 Å². The molecule has 0 fully saturated rings. The number of hydrogen-bond acceptors (Lipinski definition) is 7. The zero-order valence-electron chi connectivity index (χ0n) is 12.3. The van der Waals surface area contributed by atoms with E-state index in [9.17, 15) is 4.79 Å². The van der Waals surface area contributed by atoms with Gasteiger partial charge in [-0.05, 0) is 20.0 Å². The van der Waals surface area contributed by atoms with Crippen molar-refractivity contribution in [3.8, 4) is 0 Å². The van der Waals surface area contributed by atoms with Crippen molar-refractivity contribution in [2.75, 3.05) is 37.7 Å². The van der Waals surface area contributed by atoms with E-state index < -0.39 is 5.97 Å². The Morgan fingerprint density at radius 1 is 1.40 bits per heavy atom. The SMILES string of the molecule is CCOC(=O)c1cnc(SCCN(CC)CC)nc1N. The lowest BCUT2D eigenvalue weighted by Gasteiger charge is -2.16. The van der Waals surface area contributed by atoms with Crippen LogP contribution in [0.5, 0.6) is 0 Å². The number of anilines is 1. The number of nitrogen functional groups attached to an aromatic ring is 1. The van der Waals surface area contributed by atoms with Crippen molar-refractivity contribution in [1.82, 2.24) is 14.9 Å². The molecule has 1 rings (SSSR count). The minimum atomic E-state index is -0.482. The fraction of sp³-hybridized carbons (Fsp3) is 0.615. The van der Waals surface area contributed by atoms with Gasteiger partial charge in [-0.3, -0.25) is 0 Å². The van der Waals surface area contributed by atoms with E-state index in [-0.39, 0.29) is 11.4 Å². The van der Waals surface area contributed by atoms with Gasteiger partial charge in [-0.1, -0.05) is 25.6 Å². The second-order valence-electron chi connectivity index (χ2n) is 4.05. The van der Waals surface area contributed by atoms with Crippen LogP contribution in [0.15, 0.2) is 11.4 Å². The van der Waals surface area contributed by atoms with E-state index in [1.165, 1.54) is 18.0 Å². The molecule has 0 aromatic carbocycles. The second kappa shape index (κ2) is 8.76. The summed E-state index contributed by atoms with van der Waals surface area (Å²) in [6.45, 7) is 9.35. The predicted molar refractivity (Wildman–Crippen MR) is 80.9 cm³/mol. The Labute approximate surface area is 124 Å². The molecule has 112 valence electrons. The van der Waals surface area contributed by atoms with Crippen molar-refractivity contribution in [2.45, 2.75) is 25.9 Å². The maximum atomic E-state index is 11.6. The number of rotatable bonds is 8. The van der Waals surface area contributed by atoms with Crippen LogP contribution in [0.3, 0.4) is 0 Å². The summed E-state index contributed by atoms with van der Waals surface area (Å²) in [5.74, 6) is 0.577. The van der Waals surface area contributed by atoms with E-state index in [0.717, 1.165) is 25.4 Å². The standard InChI is InChI=1S/C13H22N4O2S/c1-4-17(5-2)7-8-20-13-15-9-10(11(14)16-13)12(18)19-6-3/h9H,4-8H2,1-3H3,(H2,14,15,16). The summed E-state index contributed by atoms with van der Waals surface area (Å²) >= 11 is 1.53. The molecule has 1 heterocycles. The second-order valence-corrected chi connectivity index (χ2v) is 5.11. The van der Waals surface area contributed by atoms with E-state index in [0.29, 0.717) is 11.8 Å². The van der Waals surface area contributed by atoms with Crippen molar-refractivity contribution in [1.29, 1.82) is 0 Å². The van der Waals surface area contributed by atoms with Crippen LogP contribution in [-0.2, 0) is 4.74 Å². The van der Waals surface area contributed by atoms with Gasteiger partial charge in [0.25, 0.3) is 0 Å². The highest BCUT2D eigenvalue weighted by Crippen LogP contribution is 2.17. The highest BCUT2D eigenvalue weighted by atomic mass is 32.2. The molecule has 2 N–H and O–H groups in total. The number of hydrogen-bond donors (Lipinski definition) is 1. The monoisotopic (exact) mass is 298 g/mol. The molecule has 0 saturated carbocycles. The average molecular weight is 298 g/mol. The number of carbonyl (C=O) groups is 1. The van der Waals surface area contributed by atoms with E-state index in [4.69, 9.17) is 10.5 Å². The number of ether oxygens (including phenoxy) is 1. The number of carbonyl (C=O) groups excluding carboxylic acids is 1. The highest BCUT2D eigenvalue weighted by Gasteiger charge is 2.13. The molecule has 0 atom stereocenters. The molecule has 0 bridgehead atoms. The van der Waals surface area contributed by atoms with Crippen molar-refractivity contribution < 1.29 is 9.53 Å². The molecule has 0 spiro atoms. The van der Waals surface area contributed by atoms with Crippen LogP contribution in [0.2, 0.25) is 0 Å². The quantitative estimate of drug-likeness (QED) is 0.444. The fourth-order valence-electron chi connectivity index (χ4n) is 1.62. The molecule has 0 aliphatic rings. The summed E-state index contributed by atoms with van der Waals surface area (Å²) in [6.07, 6.45) is 1.43. The van der Waals surface area contributed by atoms with Crippen molar-refractivity contribution >= 4 is 23.5 Å². The third kappa shape index (κ3) is 4.97. The molecule has 0 radical (unpaired) electrons. The zero-order valence-corrected chi connectivity index (χ0v) is 13.1. The topological polar surface area (TPSA) is 81.3 Å². The molecular formula is C13H22N4O2S. The van der Waals surface area contributed by atoms with Gasteiger partial charge >= 0.3 is 5.97 Å². The van der Waals surface area contributed by atoms with Gasteiger partial charge in [-0.25, -0.2) is 14.8 Å². The summed E-state index contributed by atoms with van der Waals surface area (Å²) in [5, 5.41) is 0.586. The maximum Gasteiger partial charge on any atom is 0.343 e. The molecule has 0 saturated heterocycles. The Kier molecular flexibility index (Phi) is 7.32. The van der Waals surface area contributed by atoms with Gasteiger partial charge in [-0.2, -0.15) is 0 Å². The lowest BCUT2D eigenvalue weighted by Crippen LogP contribution is -2.25. The first-order valence-corrected chi connectivity index (χ1v) is 7.75. The first-order valence-electron chi connectivity index (χ1n) is 6.77. The maximum absolute atomic E-state index is 11.6. The molecule has 0 aliphatic carbocycles. The summed E-state index contributed by atoms with van der Waals surface area (Å²) in [5.41, 5.74) is 5.98. The van der Waals surface area contributed by atoms with Gasteiger partial charge in [0.05, 0.1) is 6.61 Å². The van der Waals surface area contributed by atoms with Crippen LogP contribution in [0, 0.1) is 0 Å². The van der Waals surface area contributed by atoms with Gasteiger partial charge in [0, 0.05) is 18.5 Å². The van der Waals surface area contributed by atoms with Crippen molar-refractivity contribution in [3.05, 3.63) is 11.8 Å². The normalized spacial score (nSPS) is 10.8. The highest BCUT2D eigenvalue weighted by molar-refractivity contribution is 7.99. The number of esters is 1. The Morgan fingerprint density at radius 2 is 2.10 bits per heavy atom. The summed E-state index contributed by atoms with van der Waals surface area (Å²) in [7, 11) is 0. The Balaban J connectivity index is 2.57. The van der Waals surface area contributed by atoms with Gasteiger partial charge < -0.3 is 15.4 Å². The van der Waals surface area contributed by atoms with E-state index in [1.54, 1.807) is 6.92 Å². The molecule has 0 amide bonds. The van der Waals surface area contributed by atoms with Crippen molar-refractivity contribution in [3.63, 3.8) is 0 Å². The minimum Gasteiger partial charge on any atom is -0.462 e. The van der Waals surface area contributed by atoms with Crippen molar-refractivity contribution in [2.24, 2.45) is 0 Å². The van der Waals surface area contributed by atoms with Crippen LogP contribution in [0.1, 0.15) is 31.1 Å². The summed E-state index contributed by atoms with van der Waals surface area (Å²) in [6, 6.07) is 0. The largest absolute Gasteiger partial charge is 0.462 e. The van der Waals surface area contributed by atoms with Gasteiger partial charge in [0.1, 0.15) is 11.4 Å². The molecule has 0 unspecified atom stereocenters. The molecule has 20 heavy (non-hydrogen) atoms. The van der Waals surface area contributed by atoms with Gasteiger partial charge in [0.15, 0.2) is 5.16 Å². The first-order chi connectivity index (χ1) is 9.62. The molecule has 7 heteroatoms. The minimum absolute atomic E-state index is 0.170. The number of nitrogens with two attached hydrogens (primary N) is 1. The Hall–Kier alpha value is -1.34. The third-order valence-electron chi connectivity index (χ3n) is 2.82. The number of aromatic nitrogens is 2. The van der Waals surface area contributed by atoms with E-state index in [1.807, 2.05) is 0 Å². The van der Waals surface area contributed by atoms with Crippen LogP contribution in [0.4, 0.5) is 5.82 Å². The van der Waals surface area contributed by atoms with Crippen LogP contribution >= 0.6 is 11.8 Å². The smallest absolute Gasteiger partial charge is 0.343 e. The Morgan fingerprint density at radius 3 is 2.65 bits per heavy atom.